The number of carbonyl (C=O) groups is 3. The van der Waals surface area contributed by atoms with Crippen LogP contribution in [-0.2, 0) is 20.8 Å². The molecule has 0 aliphatic rings. The van der Waals surface area contributed by atoms with Crippen LogP contribution >= 0.6 is 11.8 Å². The van der Waals surface area contributed by atoms with Crippen LogP contribution in [-0.4, -0.2) is 63.0 Å². The Kier molecular flexibility index (Phi) is 9.87. The highest BCUT2D eigenvalue weighted by molar-refractivity contribution is 7.98. The molecule has 0 aliphatic heterocycles. The first kappa shape index (κ1) is 23.0. The first-order valence-electron chi connectivity index (χ1n) is 8.85. The van der Waals surface area contributed by atoms with E-state index in [1.807, 2.05) is 20.1 Å². The highest BCUT2D eigenvalue weighted by Gasteiger charge is 2.29. The number of aromatic nitrogens is 2. The van der Waals surface area contributed by atoms with Gasteiger partial charge in [-0.2, -0.15) is 11.8 Å². The van der Waals surface area contributed by atoms with Crippen molar-refractivity contribution in [3.63, 3.8) is 0 Å². The van der Waals surface area contributed by atoms with Crippen LogP contribution in [0.4, 0.5) is 0 Å². The summed E-state index contributed by atoms with van der Waals surface area (Å²) in [6, 6.07) is -2.70. The van der Waals surface area contributed by atoms with E-state index < -0.39 is 35.9 Å². The van der Waals surface area contributed by atoms with Crippen molar-refractivity contribution in [1.82, 2.24) is 20.6 Å². The second-order valence-electron chi connectivity index (χ2n) is 6.43. The fraction of sp³-hybridized carbons (Fsp3) is 0.647. The smallest absolute Gasteiger partial charge is 0.326 e. The van der Waals surface area contributed by atoms with Crippen molar-refractivity contribution in [2.24, 2.45) is 11.7 Å². The average molecular weight is 400 g/mol. The molecule has 1 aromatic heterocycles. The van der Waals surface area contributed by atoms with Gasteiger partial charge in [-0.3, -0.25) is 9.59 Å². The number of thioether (sulfide) groups is 1. The van der Waals surface area contributed by atoms with Gasteiger partial charge in [-0.15, -0.1) is 0 Å². The van der Waals surface area contributed by atoms with Crippen molar-refractivity contribution in [3.8, 4) is 0 Å². The second kappa shape index (κ2) is 11.6. The molecule has 0 fully saturated rings. The van der Waals surface area contributed by atoms with Gasteiger partial charge in [-0.1, -0.05) is 20.3 Å². The number of nitrogens with two attached hydrogens (primary N) is 1. The van der Waals surface area contributed by atoms with Gasteiger partial charge in [0, 0.05) is 18.3 Å². The summed E-state index contributed by atoms with van der Waals surface area (Å²) in [7, 11) is 0. The first-order valence-corrected chi connectivity index (χ1v) is 10.2. The molecule has 0 saturated carbocycles. The number of hydrogen-bond donors (Lipinski definition) is 5. The Hall–Kier alpha value is -2.07. The van der Waals surface area contributed by atoms with E-state index in [0.717, 1.165) is 6.42 Å². The fourth-order valence-electron chi connectivity index (χ4n) is 2.37. The zero-order valence-electron chi connectivity index (χ0n) is 15.9. The Morgan fingerprint density at radius 2 is 1.96 bits per heavy atom. The third kappa shape index (κ3) is 7.59. The van der Waals surface area contributed by atoms with E-state index in [9.17, 15) is 19.5 Å². The van der Waals surface area contributed by atoms with Gasteiger partial charge < -0.3 is 26.5 Å². The van der Waals surface area contributed by atoms with E-state index in [1.165, 1.54) is 24.3 Å². The maximum Gasteiger partial charge on any atom is 0.326 e. The third-order valence-electron chi connectivity index (χ3n) is 4.40. The predicted octanol–water partition coefficient (Wildman–Crippen LogP) is 0.133. The lowest BCUT2D eigenvalue weighted by atomic mass is 9.99. The van der Waals surface area contributed by atoms with E-state index >= 15 is 0 Å². The van der Waals surface area contributed by atoms with Crippen LogP contribution in [0.5, 0.6) is 0 Å². The third-order valence-corrected chi connectivity index (χ3v) is 5.04. The Labute approximate surface area is 163 Å². The van der Waals surface area contributed by atoms with Crippen molar-refractivity contribution >= 4 is 29.5 Å². The zero-order chi connectivity index (χ0) is 20.4. The van der Waals surface area contributed by atoms with Crippen LogP contribution in [0.1, 0.15) is 32.4 Å². The molecule has 4 atom stereocenters. The number of rotatable bonds is 12. The standard InChI is InChI=1S/C17H29N5O4S/c1-4-10(2)14(18)16(24)21-12(5-6-27-3)15(23)22-13(17(25)26)7-11-8-19-9-20-11/h8-10,12-14H,4-7,18H2,1-3H3,(H,19,20)(H,21,24)(H,22,23)(H,25,26). The molecule has 0 radical (unpaired) electrons. The Morgan fingerprint density at radius 3 is 2.48 bits per heavy atom. The number of carboxylic acid groups (broad SMARTS) is 1. The lowest BCUT2D eigenvalue weighted by molar-refractivity contribution is -0.142. The van der Waals surface area contributed by atoms with Gasteiger partial charge in [0.2, 0.25) is 11.8 Å². The Bertz CT molecular complexity index is 610. The molecule has 4 unspecified atom stereocenters. The quantitative estimate of drug-likeness (QED) is 0.335. The van der Waals surface area contributed by atoms with E-state index in [2.05, 4.69) is 20.6 Å². The van der Waals surface area contributed by atoms with Gasteiger partial charge in [0.15, 0.2) is 0 Å². The summed E-state index contributed by atoms with van der Waals surface area (Å²) in [6.45, 7) is 3.80. The van der Waals surface area contributed by atoms with Gasteiger partial charge in [-0.25, -0.2) is 9.78 Å². The van der Waals surface area contributed by atoms with Crippen molar-refractivity contribution < 1.29 is 19.5 Å². The molecular weight excluding hydrogens is 370 g/mol. The summed E-state index contributed by atoms with van der Waals surface area (Å²) in [4.78, 5) is 43.1. The van der Waals surface area contributed by atoms with Gasteiger partial charge in [0.1, 0.15) is 12.1 Å². The fourth-order valence-corrected chi connectivity index (χ4v) is 2.84. The predicted molar refractivity (Wildman–Crippen MR) is 104 cm³/mol. The summed E-state index contributed by atoms with van der Waals surface area (Å²) < 4.78 is 0. The van der Waals surface area contributed by atoms with Crippen molar-refractivity contribution in [1.29, 1.82) is 0 Å². The highest BCUT2D eigenvalue weighted by atomic mass is 32.2. The molecule has 1 heterocycles. The number of nitrogens with one attached hydrogen (secondary N) is 3. The highest BCUT2D eigenvalue weighted by Crippen LogP contribution is 2.08. The van der Waals surface area contributed by atoms with Gasteiger partial charge in [-0.05, 0) is 24.3 Å². The molecule has 10 heteroatoms. The largest absolute Gasteiger partial charge is 0.480 e. The molecule has 9 nitrogen and oxygen atoms in total. The number of imidazole rings is 1. The minimum absolute atomic E-state index is 0.0265. The minimum atomic E-state index is -1.16. The minimum Gasteiger partial charge on any atom is -0.480 e. The van der Waals surface area contributed by atoms with Crippen LogP contribution in [0, 0.1) is 5.92 Å². The number of nitrogens with zero attached hydrogens (tertiary/aromatic N) is 1. The van der Waals surface area contributed by atoms with E-state index in [4.69, 9.17) is 5.73 Å². The number of aliphatic carboxylic acids is 1. The normalized spacial score (nSPS) is 15.4. The SMILES string of the molecule is CCC(C)C(N)C(=O)NC(CCSC)C(=O)NC(Cc1cnc[nH]1)C(=O)O. The molecular formula is C17H29N5O4S. The average Bonchev–Trinajstić information content (AvgIpc) is 3.15. The molecule has 27 heavy (non-hydrogen) atoms. The molecule has 0 aromatic carbocycles. The van der Waals surface area contributed by atoms with Gasteiger partial charge in [0.05, 0.1) is 12.4 Å². The van der Waals surface area contributed by atoms with Crippen LogP contribution in [0.15, 0.2) is 12.5 Å². The summed E-state index contributed by atoms with van der Waals surface area (Å²) >= 11 is 1.53. The van der Waals surface area contributed by atoms with E-state index in [0.29, 0.717) is 17.9 Å². The van der Waals surface area contributed by atoms with Crippen LogP contribution in [0.2, 0.25) is 0 Å². The number of carbonyl (C=O) groups excluding carboxylic acids is 2. The summed E-state index contributed by atoms with van der Waals surface area (Å²) in [5.74, 6) is -1.51. The molecule has 2 amide bonds. The molecule has 0 bridgehead atoms. The monoisotopic (exact) mass is 399 g/mol. The van der Waals surface area contributed by atoms with Gasteiger partial charge >= 0.3 is 5.97 Å². The molecule has 1 aromatic rings. The Balaban J connectivity index is 2.79. The van der Waals surface area contributed by atoms with E-state index in [1.54, 1.807) is 0 Å². The van der Waals surface area contributed by atoms with Gasteiger partial charge in [0.25, 0.3) is 0 Å². The van der Waals surface area contributed by atoms with E-state index in [-0.39, 0.29) is 12.3 Å². The number of hydrogen-bond acceptors (Lipinski definition) is 6. The molecule has 152 valence electrons. The molecule has 6 N–H and O–H groups in total. The first-order chi connectivity index (χ1) is 12.8. The summed E-state index contributed by atoms with van der Waals surface area (Å²) in [6.07, 6.45) is 6.01. The number of amides is 2. The van der Waals surface area contributed by atoms with Crippen molar-refractivity contribution in [3.05, 3.63) is 18.2 Å². The summed E-state index contributed by atoms with van der Waals surface area (Å²) in [5, 5.41) is 14.6. The van der Waals surface area contributed by atoms with Crippen LogP contribution in [0.25, 0.3) is 0 Å². The number of H-pyrrole nitrogens is 1. The maximum absolute atomic E-state index is 12.6. The van der Waals surface area contributed by atoms with Crippen LogP contribution in [0.3, 0.4) is 0 Å². The topological polar surface area (TPSA) is 150 Å². The van der Waals surface area contributed by atoms with Crippen molar-refractivity contribution in [2.75, 3.05) is 12.0 Å². The Morgan fingerprint density at radius 1 is 1.30 bits per heavy atom. The number of aromatic amines is 1. The lowest BCUT2D eigenvalue weighted by Gasteiger charge is -2.24. The molecule has 0 aliphatic carbocycles. The summed E-state index contributed by atoms with van der Waals surface area (Å²) in [5.41, 5.74) is 6.52. The number of carboxylic acids is 1. The molecule has 0 saturated heterocycles. The lowest BCUT2D eigenvalue weighted by Crippen LogP contribution is -2.56. The molecule has 1 rings (SSSR count). The maximum atomic E-state index is 12.6. The van der Waals surface area contributed by atoms with Crippen LogP contribution < -0.4 is 16.4 Å². The zero-order valence-corrected chi connectivity index (χ0v) is 16.7. The second-order valence-corrected chi connectivity index (χ2v) is 7.42. The molecule has 0 spiro atoms. The van der Waals surface area contributed by atoms with Crippen molar-refractivity contribution in [2.45, 2.75) is 51.2 Å².